The van der Waals surface area contributed by atoms with Gasteiger partial charge in [0.05, 0.1) is 18.2 Å². The van der Waals surface area contributed by atoms with Crippen LogP contribution >= 0.6 is 0 Å². The number of hydrogen-bond acceptors (Lipinski definition) is 5. The minimum Gasteiger partial charge on any atom is -0.478 e. The molecule has 3 rings (SSSR count). The maximum atomic E-state index is 15.1. The van der Waals surface area contributed by atoms with Crippen molar-refractivity contribution in [2.75, 3.05) is 6.61 Å². The van der Waals surface area contributed by atoms with Gasteiger partial charge >= 0.3 is 6.09 Å². The quantitative estimate of drug-likeness (QED) is 0.421. The molecular weight excluding hydrogens is 442 g/mol. The van der Waals surface area contributed by atoms with Crippen LogP contribution in [0.5, 0.6) is 5.88 Å². The topological polar surface area (TPSA) is 77.5 Å². The summed E-state index contributed by atoms with van der Waals surface area (Å²) in [5, 5.41) is 3.66. The fourth-order valence-corrected chi connectivity index (χ4v) is 3.65. The highest BCUT2D eigenvalue weighted by atomic mass is 19.1. The number of aromatic nitrogens is 1. The van der Waals surface area contributed by atoms with Gasteiger partial charge in [-0.2, -0.15) is 0 Å². The first kappa shape index (κ1) is 25.1. The third kappa shape index (κ3) is 5.50. The zero-order valence-corrected chi connectivity index (χ0v) is 19.9. The Bertz CT molecular complexity index is 1200. The molecule has 0 fully saturated rings. The number of ketones is 1. The summed E-state index contributed by atoms with van der Waals surface area (Å²) >= 11 is 0. The van der Waals surface area contributed by atoms with Crippen LogP contribution in [0.2, 0.25) is 0 Å². The first-order chi connectivity index (χ1) is 16.1. The van der Waals surface area contributed by atoms with Crippen LogP contribution in [0.15, 0.2) is 42.6 Å². The van der Waals surface area contributed by atoms with E-state index in [1.165, 1.54) is 12.3 Å². The van der Waals surface area contributed by atoms with Crippen LogP contribution in [0, 0.1) is 11.6 Å². The highest BCUT2D eigenvalue weighted by Crippen LogP contribution is 2.30. The summed E-state index contributed by atoms with van der Waals surface area (Å²) in [6.07, 6.45) is 1.14. The van der Waals surface area contributed by atoms with E-state index in [4.69, 9.17) is 9.47 Å². The number of carbonyl (C=O) groups excluding carboxylic acids is 2. The average molecular weight is 471 g/mol. The number of pyridine rings is 1. The minimum atomic E-state index is -1.01. The van der Waals surface area contributed by atoms with Crippen LogP contribution in [0.3, 0.4) is 0 Å². The lowest BCUT2D eigenvalue weighted by Crippen LogP contribution is -2.35. The van der Waals surface area contributed by atoms with Crippen molar-refractivity contribution in [3.8, 4) is 5.88 Å². The van der Waals surface area contributed by atoms with E-state index >= 15 is 8.78 Å². The molecule has 0 unspecified atom stereocenters. The number of amides is 1. The number of halogens is 2. The van der Waals surface area contributed by atoms with E-state index < -0.39 is 40.7 Å². The molecule has 0 saturated carbocycles. The summed E-state index contributed by atoms with van der Waals surface area (Å²) in [5.74, 6) is -2.49. The Morgan fingerprint density at radius 1 is 1.06 bits per heavy atom. The van der Waals surface area contributed by atoms with Crippen LogP contribution in [-0.4, -0.2) is 29.1 Å². The highest BCUT2D eigenvalue weighted by molar-refractivity contribution is 6.17. The van der Waals surface area contributed by atoms with Crippen molar-refractivity contribution in [2.45, 2.75) is 52.7 Å². The summed E-state index contributed by atoms with van der Waals surface area (Å²) in [6, 6.07) is 7.90. The van der Waals surface area contributed by atoms with Crippen molar-refractivity contribution in [3.63, 3.8) is 0 Å². The molecule has 2 aromatic carbocycles. The second-order valence-electron chi connectivity index (χ2n) is 8.75. The number of ether oxygens (including phenoxy) is 2. The van der Waals surface area contributed by atoms with Gasteiger partial charge in [0.2, 0.25) is 5.88 Å². The van der Waals surface area contributed by atoms with E-state index in [1.807, 2.05) is 6.92 Å². The van der Waals surface area contributed by atoms with Crippen molar-refractivity contribution >= 4 is 22.6 Å². The van der Waals surface area contributed by atoms with Crippen LogP contribution < -0.4 is 10.1 Å². The number of fused-ring (bicyclic) bond motifs is 1. The molecule has 34 heavy (non-hydrogen) atoms. The van der Waals surface area contributed by atoms with Gasteiger partial charge in [0.15, 0.2) is 5.78 Å². The number of alkyl carbamates (subject to hydrolysis) is 1. The molecule has 1 aromatic heterocycles. The summed E-state index contributed by atoms with van der Waals surface area (Å²) < 4.78 is 41.0. The van der Waals surface area contributed by atoms with Gasteiger partial charge in [-0.15, -0.1) is 0 Å². The first-order valence-electron chi connectivity index (χ1n) is 11.1. The molecule has 0 aliphatic carbocycles. The zero-order chi connectivity index (χ0) is 25.0. The van der Waals surface area contributed by atoms with Gasteiger partial charge in [-0.05, 0) is 69.3 Å². The summed E-state index contributed by atoms with van der Waals surface area (Å²) in [6.45, 7) is 9.10. The second kappa shape index (κ2) is 10.2. The molecule has 1 N–H and O–H groups in total. The van der Waals surface area contributed by atoms with E-state index in [0.717, 1.165) is 12.1 Å². The second-order valence-corrected chi connectivity index (χ2v) is 8.75. The number of rotatable bonds is 7. The van der Waals surface area contributed by atoms with E-state index in [2.05, 4.69) is 10.3 Å². The fourth-order valence-electron chi connectivity index (χ4n) is 3.65. The lowest BCUT2D eigenvalue weighted by atomic mass is 9.95. The van der Waals surface area contributed by atoms with Gasteiger partial charge < -0.3 is 14.8 Å². The monoisotopic (exact) mass is 470 g/mol. The summed E-state index contributed by atoms with van der Waals surface area (Å²) in [5.41, 5.74) is -1.06. The van der Waals surface area contributed by atoms with Crippen molar-refractivity contribution in [2.24, 2.45) is 0 Å². The van der Waals surface area contributed by atoms with E-state index in [9.17, 15) is 9.59 Å². The number of hydrogen-bond donors (Lipinski definition) is 1. The van der Waals surface area contributed by atoms with Gasteiger partial charge in [-0.1, -0.05) is 19.1 Å². The van der Waals surface area contributed by atoms with Crippen molar-refractivity contribution in [1.82, 2.24) is 10.3 Å². The van der Waals surface area contributed by atoms with Gasteiger partial charge in [0, 0.05) is 17.1 Å². The lowest BCUT2D eigenvalue weighted by Gasteiger charge is -2.23. The molecule has 0 radical (unpaired) electrons. The summed E-state index contributed by atoms with van der Waals surface area (Å²) in [4.78, 5) is 29.5. The predicted octanol–water partition coefficient (Wildman–Crippen LogP) is 6.12. The van der Waals surface area contributed by atoms with Gasteiger partial charge in [0.1, 0.15) is 17.2 Å². The van der Waals surface area contributed by atoms with Crippen molar-refractivity contribution in [1.29, 1.82) is 0 Å². The number of nitrogens with zero attached hydrogens (tertiary/aromatic N) is 1. The standard InChI is InChI=1S/C26H28F2N2O4/c1-6-21(30-25(32)34-26(3,4)5)15-13-19(27)22(20(28)14-15)23(31)17-9-8-10-18-16(17)11-12-29-24(18)33-7-2/h8-14,21H,6-7H2,1-5H3,(H,30,32)/t21-/m1/s1. The Kier molecular flexibility index (Phi) is 7.49. The Labute approximate surface area is 197 Å². The third-order valence-electron chi connectivity index (χ3n) is 5.09. The normalized spacial score (nSPS) is 12.3. The molecule has 0 saturated heterocycles. The Balaban J connectivity index is 1.97. The van der Waals surface area contributed by atoms with Crippen molar-refractivity contribution in [3.05, 3.63) is 70.9 Å². The van der Waals surface area contributed by atoms with Crippen LogP contribution in [0.4, 0.5) is 13.6 Å². The molecule has 1 amide bonds. The molecule has 0 aliphatic heterocycles. The summed E-state index contributed by atoms with van der Waals surface area (Å²) in [7, 11) is 0. The molecule has 3 aromatic rings. The maximum absolute atomic E-state index is 15.1. The number of benzene rings is 2. The molecule has 0 spiro atoms. The Morgan fingerprint density at radius 3 is 2.32 bits per heavy atom. The van der Waals surface area contributed by atoms with E-state index in [1.54, 1.807) is 45.9 Å². The maximum Gasteiger partial charge on any atom is 0.408 e. The van der Waals surface area contributed by atoms with Gasteiger partial charge in [-0.25, -0.2) is 18.6 Å². The Morgan fingerprint density at radius 2 is 1.74 bits per heavy atom. The largest absolute Gasteiger partial charge is 0.478 e. The van der Waals surface area contributed by atoms with Crippen molar-refractivity contribution < 1.29 is 27.8 Å². The minimum absolute atomic E-state index is 0.130. The molecule has 180 valence electrons. The molecule has 0 bridgehead atoms. The SMILES string of the molecule is CCOc1nccc2c(C(=O)c3c(F)cc([C@@H](CC)NC(=O)OC(C)(C)C)cc3F)cccc12. The highest BCUT2D eigenvalue weighted by Gasteiger charge is 2.25. The molecule has 0 aliphatic rings. The average Bonchev–Trinajstić information content (AvgIpc) is 2.75. The zero-order valence-electron chi connectivity index (χ0n) is 19.9. The van der Waals surface area contributed by atoms with Gasteiger partial charge in [0.25, 0.3) is 0 Å². The molecule has 1 atom stereocenters. The first-order valence-corrected chi connectivity index (χ1v) is 11.1. The predicted molar refractivity (Wildman–Crippen MR) is 125 cm³/mol. The molecular formula is C26H28F2N2O4. The van der Waals surface area contributed by atoms with Crippen LogP contribution in [0.25, 0.3) is 10.8 Å². The van der Waals surface area contributed by atoms with E-state index in [-0.39, 0.29) is 11.1 Å². The van der Waals surface area contributed by atoms with Crippen LogP contribution in [-0.2, 0) is 4.74 Å². The fraction of sp³-hybridized carbons (Fsp3) is 0.346. The van der Waals surface area contributed by atoms with Crippen LogP contribution in [0.1, 0.15) is 68.6 Å². The molecule has 6 nitrogen and oxygen atoms in total. The molecule has 1 heterocycles. The third-order valence-corrected chi connectivity index (χ3v) is 5.09. The number of carbonyl (C=O) groups is 2. The molecule has 8 heteroatoms. The number of nitrogens with one attached hydrogen (secondary N) is 1. The smallest absolute Gasteiger partial charge is 0.408 e. The van der Waals surface area contributed by atoms with E-state index in [0.29, 0.717) is 29.7 Å². The lowest BCUT2D eigenvalue weighted by molar-refractivity contribution is 0.0501. The van der Waals surface area contributed by atoms with Gasteiger partial charge in [-0.3, -0.25) is 4.79 Å². The Hall–Kier alpha value is -3.55.